The van der Waals surface area contributed by atoms with Crippen LogP contribution >= 0.6 is 0 Å². The lowest BCUT2D eigenvalue weighted by Gasteiger charge is -2.20. The molecule has 0 aliphatic heterocycles. The van der Waals surface area contributed by atoms with Crippen LogP contribution in [0, 0.1) is 0 Å². The number of nitrogens with two attached hydrogens (primary N) is 1. The summed E-state index contributed by atoms with van der Waals surface area (Å²) in [5.41, 5.74) is 6.45. The quantitative estimate of drug-likeness (QED) is 0.809. The summed E-state index contributed by atoms with van der Waals surface area (Å²) in [5.74, 6) is 1.47. The van der Waals surface area contributed by atoms with Gasteiger partial charge in [-0.1, -0.05) is 0 Å². The van der Waals surface area contributed by atoms with E-state index >= 15 is 0 Å². The van der Waals surface area contributed by atoms with Gasteiger partial charge < -0.3 is 20.3 Å². The van der Waals surface area contributed by atoms with Gasteiger partial charge >= 0.3 is 0 Å². The van der Waals surface area contributed by atoms with E-state index in [1.807, 2.05) is 0 Å². The Labute approximate surface area is 95.0 Å². The van der Waals surface area contributed by atoms with Crippen molar-refractivity contribution < 1.29 is 14.6 Å². The summed E-state index contributed by atoms with van der Waals surface area (Å²) >= 11 is 0. The van der Waals surface area contributed by atoms with Crippen LogP contribution < -0.4 is 15.2 Å². The van der Waals surface area contributed by atoms with E-state index in [9.17, 15) is 5.11 Å². The van der Waals surface area contributed by atoms with E-state index in [2.05, 4.69) is 0 Å². The maximum atomic E-state index is 9.96. The standard InChI is InChI=1S/C12H17NO3/c1-15-9-4-3-8(14)10(11(9)16-2)12(7-13)5-6-12/h3-4,14H,5-7,13H2,1-2H3. The Morgan fingerprint density at radius 2 is 2.00 bits per heavy atom. The normalized spacial score (nSPS) is 16.9. The van der Waals surface area contributed by atoms with Crippen molar-refractivity contribution in [2.45, 2.75) is 18.3 Å². The Bertz CT molecular complexity index is 399. The van der Waals surface area contributed by atoms with Gasteiger partial charge in [-0.2, -0.15) is 0 Å². The molecule has 0 spiro atoms. The molecule has 1 saturated carbocycles. The molecule has 0 unspecified atom stereocenters. The second kappa shape index (κ2) is 3.87. The Hall–Kier alpha value is -1.42. The molecule has 2 rings (SSSR count). The molecule has 0 radical (unpaired) electrons. The second-order valence-electron chi connectivity index (χ2n) is 4.18. The third kappa shape index (κ3) is 1.50. The fourth-order valence-corrected chi connectivity index (χ4v) is 2.14. The first-order chi connectivity index (χ1) is 7.68. The van der Waals surface area contributed by atoms with Crippen LogP contribution in [0.25, 0.3) is 0 Å². The van der Waals surface area contributed by atoms with E-state index in [1.54, 1.807) is 26.4 Å². The van der Waals surface area contributed by atoms with Gasteiger partial charge in [-0.05, 0) is 25.0 Å². The van der Waals surface area contributed by atoms with Gasteiger partial charge in [0.25, 0.3) is 0 Å². The number of phenols is 1. The zero-order valence-electron chi connectivity index (χ0n) is 9.62. The van der Waals surface area contributed by atoms with Gasteiger partial charge in [0.2, 0.25) is 0 Å². The van der Waals surface area contributed by atoms with Gasteiger partial charge in [-0.3, -0.25) is 0 Å². The largest absolute Gasteiger partial charge is 0.508 e. The number of hydrogen-bond acceptors (Lipinski definition) is 4. The summed E-state index contributed by atoms with van der Waals surface area (Å²) < 4.78 is 10.6. The molecule has 0 atom stereocenters. The van der Waals surface area contributed by atoms with E-state index in [-0.39, 0.29) is 11.2 Å². The van der Waals surface area contributed by atoms with Crippen molar-refractivity contribution in [1.29, 1.82) is 0 Å². The van der Waals surface area contributed by atoms with Crippen LogP contribution in [0.4, 0.5) is 0 Å². The molecular formula is C12H17NO3. The molecule has 0 saturated heterocycles. The predicted octanol–water partition coefficient (Wildman–Crippen LogP) is 1.40. The minimum atomic E-state index is -0.121. The lowest BCUT2D eigenvalue weighted by Crippen LogP contribution is -2.20. The van der Waals surface area contributed by atoms with E-state index in [4.69, 9.17) is 15.2 Å². The number of phenolic OH excluding ortho intramolecular Hbond substituents is 1. The van der Waals surface area contributed by atoms with Gasteiger partial charge in [0.05, 0.1) is 14.2 Å². The molecule has 0 bridgehead atoms. The number of ether oxygens (including phenoxy) is 2. The lowest BCUT2D eigenvalue weighted by molar-refractivity contribution is 0.342. The van der Waals surface area contributed by atoms with Crippen molar-refractivity contribution in [2.24, 2.45) is 5.73 Å². The third-order valence-corrected chi connectivity index (χ3v) is 3.30. The number of benzene rings is 1. The van der Waals surface area contributed by atoms with Gasteiger partial charge in [0.1, 0.15) is 5.75 Å². The SMILES string of the molecule is COc1ccc(O)c(C2(CN)CC2)c1OC. The Morgan fingerprint density at radius 3 is 2.44 bits per heavy atom. The van der Waals surface area contributed by atoms with Gasteiger partial charge in [0.15, 0.2) is 11.5 Å². The highest BCUT2D eigenvalue weighted by atomic mass is 16.5. The van der Waals surface area contributed by atoms with Gasteiger partial charge in [-0.25, -0.2) is 0 Å². The molecule has 3 N–H and O–H groups in total. The van der Waals surface area contributed by atoms with Crippen LogP contribution in [0.2, 0.25) is 0 Å². The molecule has 1 aliphatic carbocycles. The van der Waals surface area contributed by atoms with Crippen molar-refractivity contribution in [2.75, 3.05) is 20.8 Å². The minimum Gasteiger partial charge on any atom is -0.508 e. The minimum absolute atomic E-state index is 0.121. The summed E-state index contributed by atoms with van der Waals surface area (Å²) in [6.45, 7) is 0.518. The number of hydrogen-bond donors (Lipinski definition) is 2. The van der Waals surface area contributed by atoms with Crippen molar-refractivity contribution >= 4 is 0 Å². The fraction of sp³-hybridized carbons (Fsp3) is 0.500. The Morgan fingerprint density at radius 1 is 1.31 bits per heavy atom. The zero-order chi connectivity index (χ0) is 11.8. The van der Waals surface area contributed by atoms with E-state index in [1.165, 1.54) is 0 Å². The monoisotopic (exact) mass is 223 g/mol. The van der Waals surface area contributed by atoms with Crippen molar-refractivity contribution in [1.82, 2.24) is 0 Å². The average molecular weight is 223 g/mol. The van der Waals surface area contributed by atoms with E-state index < -0.39 is 0 Å². The summed E-state index contributed by atoms with van der Waals surface area (Å²) in [6, 6.07) is 3.33. The maximum absolute atomic E-state index is 9.96. The molecule has 0 amide bonds. The molecule has 88 valence electrons. The van der Waals surface area contributed by atoms with Gasteiger partial charge in [-0.15, -0.1) is 0 Å². The maximum Gasteiger partial charge on any atom is 0.168 e. The molecule has 4 nitrogen and oxygen atoms in total. The molecule has 0 aromatic heterocycles. The summed E-state index contributed by atoms with van der Waals surface area (Å²) in [6.07, 6.45) is 1.97. The van der Waals surface area contributed by atoms with Crippen molar-refractivity contribution in [3.05, 3.63) is 17.7 Å². The predicted molar refractivity (Wildman–Crippen MR) is 61.2 cm³/mol. The van der Waals surface area contributed by atoms with E-state index in [0.717, 1.165) is 18.4 Å². The molecule has 4 heteroatoms. The average Bonchev–Trinajstić information content (AvgIpc) is 3.09. The number of methoxy groups -OCH3 is 2. The molecular weight excluding hydrogens is 206 g/mol. The first kappa shape index (κ1) is 11.1. The first-order valence-corrected chi connectivity index (χ1v) is 5.33. The van der Waals surface area contributed by atoms with Crippen LogP contribution in [0.3, 0.4) is 0 Å². The van der Waals surface area contributed by atoms with E-state index in [0.29, 0.717) is 18.0 Å². The number of rotatable bonds is 4. The van der Waals surface area contributed by atoms with Gasteiger partial charge in [0, 0.05) is 17.5 Å². The molecule has 1 aromatic carbocycles. The molecule has 1 aliphatic rings. The van der Waals surface area contributed by atoms with Crippen molar-refractivity contribution in [3.63, 3.8) is 0 Å². The van der Waals surface area contributed by atoms with Crippen LogP contribution in [0.15, 0.2) is 12.1 Å². The number of aromatic hydroxyl groups is 1. The summed E-state index contributed by atoms with van der Waals surface area (Å²) in [4.78, 5) is 0. The molecule has 16 heavy (non-hydrogen) atoms. The summed E-state index contributed by atoms with van der Waals surface area (Å²) in [5, 5.41) is 9.96. The second-order valence-corrected chi connectivity index (χ2v) is 4.18. The highest BCUT2D eigenvalue weighted by Gasteiger charge is 2.47. The Balaban J connectivity index is 2.57. The van der Waals surface area contributed by atoms with Crippen LogP contribution in [0.1, 0.15) is 18.4 Å². The highest BCUT2D eigenvalue weighted by Crippen LogP contribution is 2.55. The van der Waals surface area contributed by atoms with Crippen LogP contribution in [-0.2, 0) is 5.41 Å². The summed E-state index contributed by atoms with van der Waals surface area (Å²) in [7, 11) is 3.16. The fourth-order valence-electron chi connectivity index (χ4n) is 2.14. The zero-order valence-corrected chi connectivity index (χ0v) is 9.62. The molecule has 1 fully saturated rings. The first-order valence-electron chi connectivity index (χ1n) is 5.33. The third-order valence-electron chi connectivity index (χ3n) is 3.30. The molecule has 1 aromatic rings. The van der Waals surface area contributed by atoms with Crippen LogP contribution in [-0.4, -0.2) is 25.9 Å². The highest BCUT2D eigenvalue weighted by molar-refractivity contribution is 5.58. The van der Waals surface area contributed by atoms with Crippen LogP contribution in [0.5, 0.6) is 17.2 Å². The Kier molecular flexibility index (Phi) is 2.68. The smallest absolute Gasteiger partial charge is 0.168 e. The van der Waals surface area contributed by atoms with Crippen molar-refractivity contribution in [3.8, 4) is 17.2 Å². The topological polar surface area (TPSA) is 64.7 Å². The molecule has 0 heterocycles. The lowest BCUT2D eigenvalue weighted by atomic mass is 9.93.